The molecular formula is C30H20Cl4N2O3S2. The molecule has 6 rings (SSSR count). The van der Waals surface area contributed by atoms with Gasteiger partial charge in [0.05, 0.1) is 6.61 Å². The van der Waals surface area contributed by atoms with E-state index < -0.39 is 5.97 Å². The number of halogens is 4. The summed E-state index contributed by atoms with van der Waals surface area (Å²) >= 11 is 27.1. The van der Waals surface area contributed by atoms with Crippen molar-refractivity contribution in [3.63, 3.8) is 0 Å². The van der Waals surface area contributed by atoms with E-state index in [0.29, 0.717) is 20.6 Å². The molecule has 11 heteroatoms. The molecule has 0 aliphatic heterocycles. The van der Waals surface area contributed by atoms with Crippen molar-refractivity contribution in [3.8, 4) is 0 Å². The number of rotatable bonds is 6. The fourth-order valence-corrected chi connectivity index (χ4v) is 6.83. The van der Waals surface area contributed by atoms with Crippen LogP contribution in [0.5, 0.6) is 0 Å². The number of aromatic carboxylic acids is 1. The molecule has 4 N–H and O–H groups in total. The zero-order valence-electron chi connectivity index (χ0n) is 20.9. The number of aromatic amines is 2. The summed E-state index contributed by atoms with van der Waals surface area (Å²) in [6.45, 7) is -0.0165. The molecule has 0 aliphatic carbocycles. The first kappa shape index (κ1) is 29.7. The second-order valence-corrected chi connectivity index (χ2v) is 12.8. The SMILES string of the molecule is O=C(O)c1cc2c(Sc3ccc(Cl)cc3)cc(Cl)cc2[nH]1.OCc1cc2c(Sc3ccc(Cl)cc3)cc(Cl)cc2[nH]1. The fraction of sp³-hybridized carbons (Fsp3) is 0.0333. The largest absolute Gasteiger partial charge is 0.477 e. The second kappa shape index (κ2) is 13.0. The number of aliphatic hydroxyl groups excluding tert-OH is 1. The minimum atomic E-state index is -0.996. The van der Waals surface area contributed by atoms with E-state index in [9.17, 15) is 9.90 Å². The Hall–Kier alpha value is -2.75. The minimum Gasteiger partial charge on any atom is -0.477 e. The summed E-state index contributed by atoms with van der Waals surface area (Å²) in [4.78, 5) is 21.1. The van der Waals surface area contributed by atoms with Gasteiger partial charge in [-0.2, -0.15) is 0 Å². The lowest BCUT2D eigenvalue weighted by molar-refractivity contribution is 0.0691. The van der Waals surface area contributed by atoms with Crippen molar-refractivity contribution in [1.82, 2.24) is 9.97 Å². The van der Waals surface area contributed by atoms with Gasteiger partial charge in [0.15, 0.2) is 0 Å². The molecule has 0 bridgehead atoms. The van der Waals surface area contributed by atoms with Crippen LogP contribution in [0.1, 0.15) is 16.2 Å². The van der Waals surface area contributed by atoms with Gasteiger partial charge in [-0.15, -0.1) is 0 Å². The van der Waals surface area contributed by atoms with E-state index in [2.05, 4.69) is 9.97 Å². The predicted octanol–water partition coefficient (Wildman–Crippen LogP) is 10.4. The van der Waals surface area contributed by atoms with Gasteiger partial charge >= 0.3 is 5.97 Å². The maximum atomic E-state index is 11.1. The molecule has 2 heterocycles. The highest BCUT2D eigenvalue weighted by Gasteiger charge is 2.13. The average Bonchev–Trinajstić information content (AvgIpc) is 3.56. The van der Waals surface area contributed by atoms with Gasteiger partial charge in [-0.25, -0.2) is 4.79 Å². The summed E-state index contributed by atoms with van der Waals surface area (Å²) in [5, 5.41) is 22.8. The Morgan fingerprint density at radius 3 is 1.56 bits per heavy atom. The van der Waals surface area contributed by atoms with Crippen LogP contribution in [0.2, 0.25) is 20.1 Å². The van der Waals surface area contributed by atoms with E-state index >= 15 is 0 Å². The van der Waals surface area contributed by atoms with Crippen molar-refractivity contribution < 1.29 is 15.0 Å². The fourth-order valence-electron chi connectivity index (χ4n) is 4.03. The number of nitrogens with one attached hydrogen (secondary N) is 2. The van der Waals surface area contributed by atoms with Gasteiger partial charge in [0.1, 0.15) is 5.69 Å². The molecule has 0 amide bonds. The Balaban J connectivity index is 0.000000165. The standard InChI is InChI=1S/C15H9Cl2NO2S.C15H11Cl2NOS/c16-8-1-3-10(4-2-8)21-14-6-9(17)5-12-11(14)7-13(18-12)15(19)20;16-9-1-3-12(4-2-9)20-15-6-10(17)5-14-13(15)7-11(8-19)18-14/h1-7,18H,(H,19,20);1-7,18-19H,8H2. The van der Waals surface area contributed by atoms with Gasteiger partial charge in [-0.3, -0.25) is 0 Å². The van der Waals surface area contributed by atoms with Gasteiger partial charge in [-0.1, -0.05) is 69.9 Å². The normalized spacial score (nSPS) is 11.0. The van der Waals surface area contributed by atoms with E-state index in [1.54, 1.807) is 23.9 Å². The van der Waals surface area contributed by atoms with E-state index in [-0.39, 0.29) is 12.3 Å². The van der Waals surface area contributed by atoms with Gasteiger partial charge in [0.25, 0.3) is 0 Å². The number of carboxylic acid groups (broad SMARTS) is 1. The molecule has 0 saturated carbocycles. The Labute approximate surface area is 263 Å². The zero-order valence-corrected chi connectivity index (χ0v) is 25.6. The summed E-state index contributed by atoms with van der Waals surface area (Å²) in [6, 6.07) is 26.0. The van der Waals surface area contributed by atoms with Crippen molar-refractivity contribution in [3.05, 3.63) is 116 Å². The van der Waals surface area contributed by atoms with Crippen molar-refractivity contribution in [1.29, 1.82) is 0 Å². The maximum absolute atomic E-state index is 11.1. The third-order valence-electron chi connectivity index (χ3n) is 5.87. The molecule has 208 valence electrons. The van der Waals surface area contributed by atoms with Crippen LogP contribution in [0.15, 0.2) is 105 Å². The summed E-state index contributed by atoms with van der Waals surface area (Å²) in [5.74, 6) is -0.996. The van der Waals surface area contributed by atoms with Crippen LogP contribution >= 0.6 is 69.9 Å². The topological polar surface area (TPSA) is 89.1 Å². The Kier molecular flexibility index (Phi) is 9.46. The number of benzene rings is 4. The van der Waals surface area contributed by atoms with Crippen LogP contribution in [0.3, 0.4) is 0 Å². The van der Waals surface area contributed by atoms with Gasteiger partial charge < -0.3 is 20.2 Å². The van der Waals surface area contributed by atoms with E-state index in [1.165, 1.54) is 11.8 Å². The number of aliphatic hydroxyl groups is 1. The number of hydrogen-bond acceptors (Lipinski definition) is 4. The summed E-state index contributed by atoms with van der Waals surface area (Å²) in [6.07, 6.45) is 0. The van der Waals surface area contributed by atoms with Crippen LogP contribution in [0.4, 0.5) is 0 Å². The molecule has 41 heavy (non-hydrogen) atoms. The summed E-state index contributed by atoms with van der Waals surface area (Å²) < 4.78 is 0. The molecule has 0 saturated heterocycles. The lowest BCUT2D eigenvalue weighted by Crippen LogP contribution is -1.94. The first-order chi connectivity index (χ1) is 19.7. The molecule has 0 unspecified atom stereocenters. The number of H-pyrrole nitrogens is 2. The molecule has 2 aromatic heterocycles. The number of carbonyl (C=O) groups is 1. The Bertz CT molecular complexity index is 1850. The van der Waals surface area contributed by atoms with Gasteiger partial charge in [-0.05, 0) is 84.9 Å². The summed E-state index contributed by atoms with van der Waals surface area (Å²) in [7, 11) is 0. The van der Waals surface area contributed by atoms with Crippen LogP contribution in [-0.2, 0) is 6.61 Å². The first-order valence-corrected chi connectivity index (χ1v) is 15.2. The van der Waals surface area contributed by atoms with Crippen LogP contribution in [0, 0.1) is 0 Å². The quantitative estimate of drug-likeness (QED) is 0.143. The molecule has 0 atom stereocenters. The van der Waals surface area contributed by atoms with E-state index in [1.807, 2.05) is 72.8 Å². The molecule has 0 spiro atoms. The maximum Gasteiger partial charge on any atom is 0.352 e. The first-order valence-electron chi connectivity index (χ1n) is 12.0. The monoisotopic (exact) mass is 660 g/mol. The predicted molar refractivity (Wildman–Crippen MR) is 171 cm³/mol. The molecule has 0 fully saturated rings. The lowest BCUT2D eigenvalue weighted by Gasteiger charge is -2.04. The third-order valence-corrected chi connectivity index (χ3v) is 8.94. The van der Waals surface area contributed by atoms with Crippen molar-refractivity contribution in [2.45, 2.75) is 26.2 Å². The molecule has 4 aromatic carbocycles. The molecule has 0 radical (unpaired) electrons. The highest BCUT2D eigenvalue weighted by atomic mass is 35.5. The van der Waals surface area contributed by atoms with E-state index in [4.69, 9.17) is 51.5 Å². The Morgan fingerprint density at radius 1 is 0.634 bits per heavy atom. The van der Waals surface area contributed by atoms with Crippen molar-refractivity contribution in [2.75, 3.05) is 0 Å². The number of carboxylic acids is 1. The van der Waals surface area contributed by atoms with Crippen molar-refractivity contribution >= 4 is 97.7 Å². The zero-order chi connectivity index (χ0) is 29.1. The highest BCUT2D eigenvalue weighted by molar-refractivity contribution is 7.99. The number of aromatic nitrogens is 2. The van der Waals surface area contributed by atoms with E-state index in [0.717, 1.165) is 46.6 Å². The summed E-state index contributed by atoms with van der Waals surface area (Å²) in [5.41, 5.74) is 2.56. The lowest BCUT2D eigenvalue weighted by atomic mass is 10.2. The van der Waals surface area contributed by atoms with Crippen LogP contribution in [-0.4, -0.2) is 26.2 Å². The number of fused-ring (bicyclic) bond motifs is 2. The van der Waals surface area contributed by atoms with Crippen LogP contribution < -0.4 is 0 Å². The molecule has 6 aromatic rings. The molecule has 5 nitrogen and oxygen atoms in total. The molecule has 0 aliphatic rings. The highest BCUT2D eigenvalue weighted by Crippen LogP contribution is 2.38. The van der Waals surface area contributed by atoms with Crippen molar-refractivity contribution in [2.24, 2.45) is 0 Å². The average molecular weight is 662 g/mol. The van der Waals surface area contributed by atoms with Crippen LogP contribution in [0.25, 0.3) is 21.8 Å². The van der Waals surface area contributed by atoms with Gasteiger partial charge in [0.2, 0.25) is 0 Å². The smallest absolute Gasteiger partial charge is 0.352 e. The Morgan fingerprint density at radius 2 is 1.10 bits per heavy atom. The minimum absolute atomic E-state index is 0.0165. The van der Waals surface area contributed by atoms with Gasteiger partial charge in [0, 0.05) is 67.2 Å². The third kappa shape index (κ3) is 7.37. The molecular weight excluding hydrogens is 642 g/mol. The number of hydrogen-bond donors (Lipinski definition) is 4. The second-order valence-electron chi connectivity index (χ2n) is 8.78.